The third kappa shape index (κ3) is 2.35. The maximum absolute atomic E-state index is 9.86. The van der Waals surface area contributed by atoms with E-state index in [1.807, 2.05) is 24.3 Å². The highest BCUT2D eigenvalue weighted by Crippen LogP contribution is 2.28. The van der Waals surface area contributed by atoms with Crippen molar-refractivity contribution in [2.45, 2.75) is 18.6 Å². The van der Waals surface area contributed by atoms with Crippen molar-refractivity contribution in [3.05, 3.63) is 29.3 Å². The maximum atomic E-state index is 9.86. The van der Waals surface area contributed by atoms with Crippen LogP contribution in [0.15, 0.2) is 24.3 Å². The van der Waals surface area contributed by atoms with Gasteiger partial charge >= 0.3 is 0 Å². The average Bonchev–Trinajstić information content (AvgIpc) is 2.71. The van der Waals surface area contributed by atoms with Crippen LogP contribution in [0.3, 0.4) is 0 Å². The first kappa shape index (κ1) is 11.8. The molecule has 5 heteroatoms. The molecule has 0 saturated heterocycles. The number of fused-ring (bicyclic) bond motifs is 1. The lowest BCUT2D eigenvalue weighted by atomic mass is 10.1. The highest BCUT2D eigenvalue weighted by Gasteiger charge is 2.21. The summed E-state index contributed by atoms with van der Waals surface area (Å²) in [5.41, 5.74) is 0.847. The minimum absolute atomic E-state index is 0.323. The summed E-state index contributed by atoms with van der Waals surface area (Å²) in [6, 6.07) is 7.65. The zero-order valence-corrected chi connectivity index (χ0v) is 10.1. The maximum Gasteiger partial charge on any atom is 0.131 e. The summed E-state index contributed by atoms with van der Waals surface area (Å²) in [6.07, 6.45) is -1.44. The molecule has 0 saturated carbocycles. The highest BCUT2D eigenvalue weighted by atomic mass is 35.5. The summed E-state index contributed by atoms with van der Waals surface area (Å²) in [5.74, 6) is 0.323. The molecule has 1 aromatic heterocycles. The van der Waals surface area contributed by atoms with Crippen molar-refractivity contribution in [2.75, 3.05) is 5.88 Å². The number of hydrogen-bond donors (Lipinski definition) is 2. The molecule has 1 heterocycles. The number of hydrogen-bond acceptors (Lipinski definition) is 4. The minimum Gasteiger partial charge on any atom is -0.390 e. The Hall–Kier alpha value is -0.680. The van der Waals surface area contributed by atoms with Crippen LogP contribution in [0.25, 0.3) is 10.2 Å². The van der Waals surface area contributed by atoms with Crippen LogP contribution >= 0.6 is 22.9 Å². The number of alkyl halides is 1. The number of aromatic nitrogens is 1. The van der Waals surface area contributed by atoms with Gasteiger partial charge in [-0.05, 0) is 18.6 Å². The Bertz CT molecular complexity index is 441. The summed E-state index contributed by atoms with van der Waals surface area (Å²) in [6.45, 7) is 0. The third-order valence-electron chi connectivity index (χ3n) is 2.33. The van der Waals surface area contributed by atoms with Gasteiger partial charge in [0.2, 0.25) is 0 Å². The molecule has 0 bridgehead atoms. The number of para-hydroxylation sites is 1. The quantitative estimate of drug-likeness (QED) is 0.827. The fourth-order valence-corrected chi connectivity index (χ4v) is 2.69. The first-order valence-corrected chi connectivity index (χ1v) is 6.35. The van der Waals surface area contributed by atoms with Crippen LogP contribution in [0, 0.1) is 0 Å². The monoisotopic (exact) mass is 257 g/mol. The molecular weight excluding hydrogens is 246 g/mol. The van der Waals surface area contributed by atoms with Crippen LogP contribution in [-0.2, 0) is 0 Å². The third-order valence-corrected chi connectivity index (χ3v) is 3.66. The van der Waals surface area contributed by atoms with Crippen molar-refractivity contribution >= 4 is 33.2 Å². The van der Waals surface area contributed by atoms with Gasteiger partial charge < -0.3 is 10.2 Å². The predicted octanol–water partition coefficient (Wildman–Crippen LogP) is 2.32. The summed E-state index contributed by atoms with van der Waals surface area (Å²) in [5, 5.41) is 20.0. The van der Waals surface area contributed by atoms with Crippen LogP contribution in [0.2, 0.25) is 0 Å². The number of benzene rings is 1. The first-order valence-electron chi connectivity index (χ1n) is 5.00. The van der Waals surface area contributed by atoms with Crippen LogP contribution < -0.4 is 0 Å². The number of thiazole rings is 1. The molecule has 3 nitrogen and oxygen atoms in total. The second-order valence-electron chi connectivity index (χ2n) is 3.51. The summed E-state index contributed by atoms with van der Waals surface area (Å²) in [4.78, 5) is 4.28. The molecule has 2 N–H and O–H groups in total. The summed E-state index contributed by atoms with van der Waals surface area (Å²) in [7, 11) is 0. The lowest BCUT2D eigenvalue weighted by molar-refractivity contribution is 0.0170. The van der Waals surface area contributed by atoms with E-state index in [0.717, 1.165) is 10.2 Å². The Morgan fingerprint density at radius 3 is 2.75 bits per heavy atom. The smallest absolute Gasteiger partial charge is 0.131 e. The Balaban J connectivity index is 2.26. The molecule has 0 radical (unpaired) electrons. The van der Waals surface area contributed by atoms with E-state index in [0.29, 0.717) is 17.3 Å². The van der Waals surface area contributed by atoms with Crippen LogP contribution in [-0.4, -0.2) is 27.2 Å². The Labute approximate surface area is 102 Å². The highest BCUT2D eigenvalue weighted by molar-refractivity contribution is 7.18. The molecule has 0 amide bonds. The van der Waals surface area contributed by atoms with Gasteiger partial charge in [-0.3, -0.25) is 0 Å². The Morgan fingerprint density at radius 2 is 2.06 bits per heavy atom. The van der Waals surface area contributed by atoms with E-state index in [4.69, 9.17) is 11.6 Å². The zero-order chi connectivity index (χ0) is 11.5. The van der Waals surface area contributed by atoms with Gasteiger partial charge in [0, 0.05) is 5.88 Å². The van der Waals surface area contributed by atoms with Crippen LogP contribution in [0.4, 0.5) is 0 Å². The standard InChI is InChI=1S/C11H12ClNO2S/c12-6-5-8(14)10(15)11-13-7-3-1-2-4-9(7)16-11/h1-4,8,10,14-15H,5-6H2. The van der Waals surface area contributed by atoms with Crippen molar-refractivity contribution in [2.24, 2.45) is 0 Å². The second kappa shape index (κ2) is 5.10. The SMILES string of the molecule is OC(CCCl)C(O)c1nc2ccccc2s1. The van der Waals surface area contributed by atoms with Crippen molar-refractivity contribution < 1.29 is 10.2 Å². The molecule has 0 aliphatic rings. The van der Waals surface area contributed by atoms with Crippen LogP contribution in [0.5, 0.6) is 0 Å². The molecule has 2 rings (SSSR count). The topological polar surface area (TPSA) is 53.4 Å². The molecule has 2 unspecified atom stereocenters. The average molecular weight is 258 g/mol. The Morgan fingerprint density at radius 1 is 1.31 bits per heavy atom. The van der Waals surface area contributed by atoms with Crippen molar-refractivity contribution in [3.8, 4) is 0 Å². The minimum atomic E-state index is -0.948. The van der Waals surface area contributed by atoms with Gasteiger partial charge in [0.1, 0.15) is 11.1 Å². The number of rotatable bonds is 4. The van der Waals surface area contributed by atoms with Crippen molar-refractivity contribution in [1.29, 1.82) is 0 Å². The molecule has 2 aromatic rings. The lowest BCUT2D eigenvalue weighted by Crippen LogP contribution is -2.18. The van der Waals surface area contributed by atoms with E-state index in [9.17, 15) is 10.2 Å². The van der Waals surface area contributed by atoms with E-state index >= 15 is 0 Å². The van der Waals surface area contributed by atoms with Crippen LogP contribution in [0.1, 0.15) is 17.5 Å². The fourth-order valence-electron chi connectivity index (χ4n) is 1.45. The predicted molar refractivity (Wildman–Crippen MR) is 65.9 cm³/mol. The molecular formula is C11H12ClNO2S. The normalized spacial score (nSPS) is 15.2. The molecule has 0 aliphatic carbocycles. The number of halogens is 1. The summed E-state index contributed by atoms with van der Waals surface area (Å²) >= 11 is 6.91. The second-order valence-corrected chi connectivity index (χ2v) is 4.95. The van der Waals surface area contributed by atoms with Gasteiger partial charge in [-0.2, -0.15) is 0 Å². The van der Waals surface area contributed by atoms with Crippen molar-refractivity contribution in [1.82, 2.24) is 4.98 Å². The number of aliphatic hydroxyl groups is 2. The van der Waals surface area contributed by atoms with Gasteiger partial charge in [-0.1, -0.05) is 12.1 Å². The van der Waals surface area contributed by atoms with E-state index in [1.165, 1.54) is 11.3 Å². The van der Waals surface area contributed by atoms with E-state index in [2.05, 4.69) is 4.98 Å². The van der Waals surface area contributed by atoms with Gasteiger partial charge in [0.25, 0.3) is 0 Å². The van der Waals surface area contributed by atoms with E-state index < -0.39 is 12.2 Å². The molecule has 16 heavy (non-hydrogen) atoms. The molecule has 1 aromatic carbocycles. The molecule has 2 atom stereocenters. The molecule has 86 valence electrons. The first-order chi connectivity index (χ1) is 7.72. The Kier molecular flexibility index (Phi) is 3.76. The van der Waals surface area contributed by atoms with E-state index in [1.54, 1.807) is 0 Å². The van der Waals surface area contributed by atoms with Gasteiger partial charge in [-0.15, -0.1) is 22.9 Å². The number of aliphatic hydroxyl groups excluding tert-OH is 2. The zero-order valence-electron chi connectivity index (χ0n) is 8.51. The largest absolute Gasteiger partial charge is 0.390 e. The van der Waals surface area contributed by atoms with Gasteiger partial charge in [0.15, 0.2) is 0 Å². The fraction of sp³-hybridized carbons (Fsp3) is 0.364. The van der Waals surface area contributed by atoms with E-state index in [-0.39, 0.29) is 0 Å². The molecule has 0 aliphatic heterocycles. The van der Waals surface area contributed by atoms with Gasteiger partial charge in [-0.25, -0.2) is 4.98 Å². The lowest BCUT2D eigenvalue weighted by Gasteiger charge is -2.13. The van der Waals surface area contributed by atoms with Crippen molar-refractivity contribution in [3.63, 3.8) is 0 Å². The summed E-state index contributed by atoms with van der Waals surface area (Å²) < 4.78 is 1.01. The molecule has 0 spiro atoms. The number of nitrogens with zero attached hydrogens (tertiary/aromatic N) is 1. The molecule has 0 fully saturated rings. The van der Waals surface area contributed by atoms with Gasteiger partial charge in [0.05, 0.1) is 16.3 Å².